The van der Waals surface area contributed by atoms with E-state index in [1.165, 1.54) is 19.0 Å². The molecule has 1 aliphatic rings. The van der Waals surface area contributed by atoms with Crippen molar-refractivity contribution in [3.63, 3.8) is 0 Å². The molecule has 5 heteroatoms. The largest absolute Gasteiger partial charge is 0.358 e. The Kier molecular flexibility index (Phi) is 2.75. The van der Waals surface area contributed by atoms with Gasteiger partial charge in [0, 0.05) is 14.1 Å². The van der Waals surface area contributed by atoms with Gasteiger partial charge < -0.3 is 10.2 Å². The van der Waals surface area contributed by atoms with Crippen LogP contribution in [-0.2, 0) is 9.59 Å². The monoisotopic (exact) mass is 195 g/mol. The van der Waals surface area contributed by atoms with Crippen molar-refractivity contribution in [2.24, 2.45) is 5.41 Å². The molecule has 0 unspecified atom stereocenters. The molecular formula is C9H13N3O2. The zero-order valence-electron chi connectivity index (χ0n) is 8.33. The van der Waals surface area contributed by atoms with Crippen molar-refractivity contribution in [2.75, 3.05) is 20.6 Å². The van der Waals surface area contributed by atoms with Crippen LogP contribution in [0.4, 0.5) is 0 Å². The third kappa shape index (κ3) is 1.84. The molecule has 0 aromatic heterocycles. The van der Waals surface area contributed by atoms with Crippen LogP contribution >= 0.6 is 0 Å². The molecule has 0 atom stereocenters. The van der Waals surface area contributed by atoms with Gasteiger partial charge in [-0.05, 0) is 12.8 Å². The highest BCUT2D eigenvalue weighted by Crippen LogP contribution is 2.46. The molecular weight excluding hydrogens is 182 g/mol. The lowest BCUT2D eigenvalue weighted by atomic mass is 10.1. The van der Waals surface area contributed by atoms with Crippen molar-refractivity contribution in [1.29, 1.82) is 5.26 Å². The Bertz CT molecular complexity index is 302. The number of nitrogens with one attached hydrogen (secondary N) is 1. The molecule has 0 aromatic rings. The van der Waals surface area contributed by atoms with Gasteiger partial charge in [-0.2, -0.15) is 5.26 Å². The second-order valence-electron chi connectivity index (χ2n) is 3.53. The van der Waals surface area contributed by atoms with Crippen molar-refractivity contribution in [3.8, 4) is 6.07 Å². The van der Waals surface area contributed by atoms with Gasteiger partial charge in [-0.1, -0.05) is 0 Å². The lowest BCUT2D eigenvalue weighted by molar-refractivity contribution is -0.137. The van der Waals surface area contributed by atoms with Crippen molar-refractivity contribution in [2.45, 2.75) is 12.8 Å². The summed E-state index contributed by atoms with van der Waals surface area (Å²) in [6.45, 7) is 0.0127. The number of carbonyl (C=O) groups excluding carboxylic acids is 2. The summed E-state index contributed by atoms with van der Waals surface area (Å²) in [5.74, 6) is -0.474. The molecule has 1 saturated carbocycles. The predicted molar refractivity (Wildman–Crippen MR) is 49.0 cm³/mol. The fourth-order valence-corrected chi connectivity index (χ4v) is 1.23. The van der Waals surface area contributed by atoms with Crippen molar-refractivity contribution in [1.82, 2.24) is 10.2 Å². The van der Waals surface area contributed by atoms with Crippen LogP contribution in [0.3, 0.4) is 0 Å². The molecule has 0 radical (unpaired) electrons. The van der Waals surface area contributed by atoms with Gasteiger partial charge in [-0.3, -0.25) is 9.59 Å². The first-order valence-electron chi connectivity index (χ1n) is 4.43. The van der Waals surface area contributed by atoms with Crippen LogP contribution in [0.15, 0.2) is 0 Å². The van der Waals surface area contributed by atoms with E-state index in [0.29, 0.717) is 12.8 Å². The molecule has 0 bridgehead atoms. The Labute approximate surface area is 82.7 Å². The molecule has 0 aliphatic heterocycles. The van der Waals surface area contributed by atoms with Crippen LogP contribution in [0.2, 0.25) is 0 Å². The molecule has 14 heavy (non-hydrogen) atoms. The van der Waals surface area contributed by atoms with Gasteiger partial charge in [-0.15, -0.1) is 0 Å². The Morgan fingerprint density at radius 3 is 2.50 bits per heavy atom. The van der Waals surface area contributed by atoms with Crippen LogP contribution < -0.4 is 5.32 Å². The first-order valence-corrected chi connectivity index (χ1v) is 4.43. The van der Waals surface area contributed by atoms with E-state index in [-0.39, 0.29) is 18.4 Å². The SMILES string of the molecule is CNC(=O)CN(C)C(=O)C1(C#N)CC1. The van der Waals surface area contributed by atoms with Crippen molar-refractivity contribution in [3.05, 3.63) is 0 Å². The van der Waals surface area contributed by atoms with Crippen LogP contribution in [0.1, 0.15) is 12.8 Å². The molecule has 1 aliphatic carbocycles. The summed E-state index contributed by atoms with van der Waals surface area (Å²) in [7, 11) is 3.05. The van der Waals surface area contributed by atoms with E-state index >= 15 is 0 Å². The minimum Gasteiger partial charge on any atom is -0.358 e. The van der Waals surface area contributed by atoms with Crippen LogP contribution in [-0.4, -0.2) is 37.4 Å². The molecule has 0 spiro atoms. The first-order chi connectivity index (χ1) is 6.55. The summed E-state index contributed by atoms with van der Waals surface area (Å²) in [5.41, 5.74) is -0.831. The molecule has 0 heterocycles. The van der Waals surface area contributed by atoms with Gasteiger partial charge in [0.1, 0.15) is 5.41 Å². The Morgan fingerprint density at radius 2 is 2.14 bits per heavy atom. The number of hydrogen-bond donors (Lipinski definition) is 1. The van der Waals surface area contributed by atoms with Crippen LogP contribution in [0, 0.1) is 16.7 Å². The lowest BCUT2D eigenvalue weighted by Gasteiger charge is -2.18. The Balaban J connectivity index is 2.54. The highest BCUT2D eigenvalue weighted by molar-refractivity contribution is 5.91. The third-order valence-corrected chi connectivity index (χ3v) is 2.38. The third-order valence-electron chi connectivity index (χ3n) is 2.38. The average Bonchev–Trinajstić information content (AvgIpc) is 2.97. The number of likely N-dealkylation sites (N-methyl/N-ethyl adjacent to an activating group) is 2. The summed E-state index contributed by atoms with van der Waals surface area (Å²) in [5, 5.41) is 11.2. The number of nitriles is 1. The van der Waals surface area contributed by atoms with E-state index in [9.17, 15) is 9.59 Å². The summed E-state index contributed by atoms with van der Waals surface area (Å²) < 4.78 is 0. The van der Waals surface area contributed by atoms with E-state index in [4.69, 9.17) is 5.26 Å². The summed E-state index contributed by atoms with van der Waals surface area (Å²) in [4.78, 5) is 23.9. The first kappa shape index (κ1) is 10.5. The Hall–Kier alpha value is -1.57. The summed E-state index contributed by atoms with van der Waals surface area (Å²) in [6, 6.07) is 2.00. The fourth-order valence-electron chi connectivity index (χ4n) is 1.23. The van der Waals surface area contributed by atoms with E-state index < -0.39 is 5.41 Å². The molecule has 1 rings (SSSR count). The van der Waals surface area contributed by atoms with Gasteiger partial charge in [-0.25, -0.2) is 0 Å². The van der Waals surface area contributed by atoms with Crippen molar-refractivity contribution >= 4 is 11.8 Å². The quantitative estimate of drug-likeness (QED) is 0.659. The smallest absolute Gasteiger partial charge is 0.243 e. The minimum absolute atomic E-state index is 0.0127. The molecule has 2 amide bonds. The Morgan fingerprint density at radius 1 is 1.57 bits per heavy atom. The molecule has 76 valence electrons. The number of amides is 2. The van der Waals surface area contributed by atoms with Gasteiger partial charge >= 0.3 is 0 Å². The highest BCUT2D eigenvalue weighted by Gasteiger charge is 2.52. The predicted octanol–water partition coefficient (Wildman–Crippen LogP) is -0.505. The maximum Gasteiger partial charge on any atom is 0.243 e. The second kappa shape index (κ2) is 3.66. The number of carbonyl (C=O) groups is 2. The summed E-state index contributed by atoms with van der Waals surface area (Å²) >= 11 is 0. The van der Waals surface area contributed by atoms with E-state index in [1.54, 1.807) is 0 Å². The molecule has 1 fully saturated rings. The maximum absolute atomic E-state index is 11.6. The average molecular weight is 195 g/mol. The molecule has 1 N–H and O–H groups in total. The zero-order chi connectivity index (χ0) is 10.8. The maximum atomic E-state index is 11.6. The van der Waals surface area contributed by atoms with Crippen LogP contribution in [0.25, 0.3) is 0 Å². The number of hydrogen-bond acceptors (Lipinski definition) is 3. The number of nitrogens with zero attached hydrogens (tertiary/aromatic N) is 2. The normalized spacial score (nSPS) is 16.6. The van der Waals surface area contributed by atoms with E-state index in [2.05, 4.69) is 5.32 Å². The zero-order valence-corrected chi connectivity index (χ0v) is 8.33. The van der Waals surface area contributed by atoms with E-state index in [1.807, 2.05) is 6.07 Å². The minimum atomic E-state index is -0.831. The standard InChI is InChI=1S/C9H13N3O2/c1-11-7(13)5-12(2)8(14)9(6-10)3-4-9/h3-5H2,1-2H3,(H,11,13). The van der Waals surface area contributed by atoms with Crippen LogP contribution in [0.5, 0.6) is 0 Å². The highest BCUT2D eigenvalue weighted by atomic mass is 16.2. The lowest BCUT2D eigenvalue weighted by Crippen LogP contribution is -2.40. The van der Waals surface area contributed by atoms with Gasteiger partial charge in [0.25, 0.3) is 0 Å². The van der Waals surface area contributed by atoms with Gasteiger partial charge in [0.2, 0.25) is 11.8 Å². The summed E-state index contributed by atoms with van der Waals surface area (Å²) in [6.07, 6.45) is 1.22. The molecule has 0 aromatic carbocycles. The fraction of sp³-hybridized carbons (Fsp3) is 0.667. The van der Waals surface area contributed by atoms with Gasteiger partial charge in [0.05, 0.1) is 12.6 Å². The number of rotatable bonds is 3. The molecule has 5 nitrogen and oxygen atoms in total. The molecule has 0 saturated heterocycles. The second-order valence-corrected chi connectivity index (χ2v) is 3.53. The van der Waals surface area contributed by atoms with Crippen molar-refractivity contribution < 1.29 is 9.59 Å². The van der Waals surface area contributed by atoms with Gasteiger partial charge in [0.15, 0.2) is 0 Å². The topological polar surface area (TPSA) is 73.2 Å². The van der Waals surface area contributed by atoms with E-state index in [0.717, 1.165) is 0 Å².